The van der Waals surface area contributed by atoms with Crippen molar-refractivity contribution in [2.75, 3.05) is 19.4 Å². The molecule has 176 valence electrons. The average molecular weight is 498 g/mol. The first-order chi connectivity index (χ1) is 15.6. The molecule has 1 saturated heterocycles. The normalized spacial score (nSPS) is 19.9. The predicted octanol–water partition coefficient (Wildman–Crippen LogP) is -1.08. The number of nitrogens with one attached hydrogen (secondary N) is 4. The summed E-state index contributed by atoms with van der Waals surface area (Å²) in [6.07, 6.45) is -0.938. The number of aromatic nitrogens is 1. The highest BCUT2D eigenvalue weighted by molar-refractivity contribution is 8.00. The fourth-order valence-electron chi connectivity index (χ4n) is 2.95. The number of β-lactam (4-membered cyclic amide) rings is 1. The fourth-order valence-corrected chi connectivity index (χ4v) is 4.85. The summed E-state index contributed by atoms with van der Waals surface area (Å²) < 4.78 is 4.87. The molecule has 1 fully saturated rings. The number of hydrogen-bond donors (Lipinski definition) is 5. The number of esters is 1. The summed E-state index contributed by atoms with van der Waals surface area (Å²) in [6, 6.07) is -1.08. The molecule has 0 radical (unpaired) electrons. The molecular weight excluding hydrogens is 480 g/mol. The number of aromatic amines is 1. The number of rotatable bonds is 7. The Hall–Kier alpha value is -3.66. The highest BCUT2D eigenvalue weighted by Gasteiger charge is 2.54. The molecule has 2 atom stereocenters. The zero-order chi connectivity index (χ0) is 24.3. The van der Waals surface area contributed by atoms with Crippen molar-refractivity contribution in [2.45, 2.75) is 18.3 Å². The summed E-state index contributed by atoms with van der Waals surface area (Å²) >= 11 is 2.15. The van der Waals surface area contributed by atoms with Gasteiger partial charge in [-0.2, -0.15) is 0 Å². The van der Waals surface area contributed by atoms with Crippen LogP contribution in [0.1, 0.15) is 12.6 Å². The number of hydrogen-bond acceptors (Lipinski definition) is 11. The van der Waals surface area contributed by atoms with Crippen LogP contribution in [0.3, 0.4) is 0 Å². The van der Waals surface area contributed by atoms with Crippen LogP contribution in [-0.2, 0) is 28.8 Å². The molecule has 5 N–H and O–H groups in total. The Labute approximate surface area is 193 Å². The van der Waals surface area contributed by atoms with Crippen LogP contribution in [0, 0.1) is 5.41 Å². The van der Waals surface area contributed by atoms with Gasteiger partial charge in [0.25, 0.3) is 11.8 Å². The maximum Gasteiger partial charge on any atom is 0.433 e. The van der Waals surface area contributed by atoms with Crippen LogP contribution < -0.4 is 15.4 Å². The molecule has 16 heteroatoms. The van der Waals surface area contributed by atoms with Gasteiger partial charge in [0.1, 0.15) is 23.7 Å². The number of aliphatic carboxylic acids is 1. The minimum Gasteiger partial charge on any atom is -0.477 e. The van der Waals surface area contributed by atoms with E-state index in [9.17, 15) is 29.1 Å². The standard InChI is InChI=1S/C17H18N6O8S2/c1-6(24)30-3-7-4-32-14-10(13(26)23(14)11(7)15(27)28)21-12(25)9(22-31-17(29)19-2)8-5-33-16(18)20-8/h5,10,14H,3-4H2,1-2H3,(H2,18,20)(H,19,29)(H,21,25)(H,27,28)/t10?,14-/m0/s1. The maximum absolute atomic E-state index is 12.8. The van der Waals surface area contributed by atoms with Crippen molar-refractivity contribution in [1.29, 1.82) is 5.41 Å². The largest absolute Gasteiger partial charge is 0.477 e. The van der Waals surface area contributed by atoms with Crippen molar-refractivity contribution in [3.8, 4) is 0 Å². The van der Waals surface area contributed by atoms with Crippen LogP contribution >= 0.6 is 23.1 Å². The molecule has 2 aliphatic rings. The van der Waals surface area contributed by atoms with E-state index in [4.69, 9.17) is 10.1 Å². The van der Waals surface area contributed by atoms with Crippen molar-refractivity contribution in [3.63, 3.8) is 0 Å². The number of H-pyrrole nitrogens is 1. The Morgan fingerprint density at radius 2 is 2.12 bits per heavy atom. The van der Waals surface area contributed by atoms with E-state index in [0.29, 0.717) is 0 Å². The number of amides is 3. The molecule has 0 saturated carbocycles. The Bertz CT molecular complexity index is 1140. The van der Waals surface area contributed by atoms with E-state index in [2.05, 4.69) is 25.6 Å². The van der Waals surface area contributed by atoms with Crippen molar-refractivity contribution >= 4 is 58.7 Å². The predicted molar refractivity (Wildman–Crippen MR) is 113 cm³/mol. The van der Waals surface area contributed by atoms with Gasteiger partial charge in [0.05, 0.1) is 5.69 Å². The van der Waals surface area contributed by atoms with Crippen molar-refractivity contribution in [1.82, 2.24) is 20.5 Å². The van der Waals surface area contributed by atoms with Gasteiger partial charge in [0, 0.05) is 30.7 Å². The molecule has 0 bridgehead atoms. The van der Waals surface area contributed by atoms with E-state index in [0.717, 1.165) is 16.2 Å². The second kappa shape index (κ2) is 9.86. The first kappa shape index (κ1) is 24.0. The topological polar surface area (TPSA) is 203 Å². The van der Waals surface area contributed by atoms with Crippen LogP contribution in [0.25, 0.3) is 0 Å². The first-order valence-corrected chi connectivity index (χ1v) is 11.1. The van der Waals surface area contributed by atoms with Gasteiger partial charge in [-0.25, -0.2) is 9.59 Å². The minimum absolute atomic E-state index is 0.00993. The zero-order valence-corrected chi connectivity index (χ0v) is 18.8. The van der Waals surface area contributed by atoms with E-state index in [1.165, 1.54) is 31.1 Å². The Balaban J connectivity index is 1.80. The first-order valence-electron chi connectivity index (χ1n) is 9.17. The number of nitrogens with zero attached hydrogens (tertiary/aromatic N) is 2. The summed E-state index contributed by atoms with van der Waals surface area (Å²) in [7, 11) is 1.29. The van der Waals surface area contributed by atoms with Gasteiger partial charge >= 0.3 is 18.0 Å². The smallest absolute Gasteiger partial charge is 0.433 e. The maximum atomic E-state index is 12.8. The van der Waals surface area contributed by atoms with Crippen molar-refractivity contribution < 1.29 is 38.7 Å². The average Bonchev–Trinajstić information content (AvgIpc) is 3.20. The number of thioether (sulfide) groups is 1. The van der Waals surface area contributed by atoms with Crippen molar-refractivity contribution in [3.05, 3.63) is 27.1 Å². The Morgan fingerprint density at radius 3 is 2.70 bits per heavy atom. The molecule has 0 aromatic carbocycles. The molecule has 0 spiro atoms. The summed E-state index contributed by atoms with van der Waals surface area (Å²) in [6.45, 7) is 0.913. The SMILES string of the molecule is CNC(=O)ON=C(C(=O)NC1C(=O)N2C(C(=O)O)=C(COC(C)=O)CS[C@@H]12)c1csc(=N)[nH]1. The molecule has 1 unspecified atom stereocenters. The van der Waals surface area contributed by atoms with E-state index in [1.54, 1.807) is 0 Å². The molecule has 14 nitrogen and oxygen atoms in total. The quantitative estimate of drug-likeness (QED) is 0.102. The van der Waals surface area contributed by atoms with Gasteiger partial charge in [-0.3, -0.25) is 29.5 Å². The summed E-state index contributed by atoms with van der Waals surface area (Å²) in [5.74, 6) is -3.35. The van der Waals surface area contributed by atoms with E-state index in [1.807, 2.05) is 0 Å². The molecule has 1 aromatic heterocycles. The number of carboxylic acids is 1. The van der Waals surface area contributed by atoms with Crippen LogP contribution in [0.15, 0.2) is 21.8 Å². The summed E-state index contributed by atoms with van der Waals surface area (Å²) in [5, 5.41) is 26.0. The van der Waals surface area contributed by atoms with E-state index in [-0.39, 0.29) is 39.8 Å². The third kappa shape index (κ3) is 5.06. The number of fused-ring (bicyclic) bond motifs is 1. The molecule has 3 amide bonds. The van der Waals surface area contributed by atoms with Gasteiger partial charge in [0.15, 0.2) is 10.5 Å². The van der Waals surface area contributed by atoms with Crippen molar-refractivity contribution in [2.24, 2.45) is 5.16 Å². The molecule has 3 rings (SSSR count). The van der Waals surface area contributed by atoms with Crippen LogP contribution in [0.4, 0.5) is 4.79 Å². The molecule has 33 heavy (non-hydrogen) atoms. The molecule has 1 aromatic rings. The second-order valence-corrected chi connectivity index (χ2v) is 8.56. The van der Waals surface area contributed by atoms with Gasteiger partial charge in [-0.05, 0) is 0 Å². The highest BCUT2D eigenvalue weighted by atomic mass is 32.2. The Kier molecular flexibility index (Phi) is 7.17. The third-order valence-electron chi connectivity index (χ3n) is 4.42. The molecule has 2 aliphatic heterocycles. The lowest BCUT2D eigenvalue weighted by Gasteiger charge is -2.49. The molecular formula is C17H18N6O8S2. The van der Waals surface area contributed by atoms with Crippen LogP contribution in [-0.4, -0.2) is 81.4 Å². The lowest BCUT2D eigenvalue weighted by molar-refractivity contribution is -0.150. The van der Waals surface area contributed by atoms with Crippen LogP contribution in [0.5, 0.6) is 0 Å². The lowest BCUT2D eigenvalue weighted by Crippen LogP contribution is -2.71. The van der Waals surface area contributed by atoms with Gasteiger partial charge < -0.3 is 25.5 Å². The molecule has 0 aliphatic carbocycles. The number of ether oxygens (including phenoxy) is 1. The Morgan fingerprint density at radius 1 is 1.39 bits per heavy atom. The van der Waals surface area contributed by atoms with E-state index < -0.39 is 41.3 Å². The van der Waals surface area contributed by atoms with Gasteiger partial charge in [0.2, 0.25) is 0 Å². The fraction of sp³-hybridized carbons (Fsp3) is 0.353. The number of oxime groups is 1. The summed E-state index contributed by atoms with van der Waals surface area (Å²) in [4.78, 5) is 68.0. The number of carbonyl (C=O) groups excluding carboxylic acids is 4. The lowest BCUT2D eigenvalue weighted by atomic mass is 10.0. The monoisotopic (exact) mass is 498 g/mol. The van der Waals surface area contributed by atoms with Gasteiger partial charge in [-0.1, -0.05) is 5.16 Å². The number of carbonyl (C=O) groups is 5. The van der Waals surface area contributed by atoms with Gasteiger partial charge in [-0.15, -0.1) is 23.1 Å². The zero-order valence-electron chi connectivity index (χ0n) is 17.2. The highest BCUT2D eigenvalue weighted by Crippen LogP contribution is 2.40. The third-order valence-corrected chi connectivity index (χ3v) is 6.45. The van der Waals surface area contributed by atoms with E-state index >= 15 is 0 Å². The summed E-state index contributed by atoms with van der Waals surface area (Å²) in [5.41, 5.74) is -0.336. The second-order valence-electron chi connectivity index (χ2n) is 6.57. The molecule has 3 heterocycles. The van der Waals surface area contributed by atoms with Crippen LogP contribution in [0.2, 0.25) is 0 Å². The number of carboxylic acid groups (broad SMARTS) is 1. The minimum atomic E-state index is -1.36. The number of thiazole rings is 1.